The first-order valence-electron chi connectivity index (χ1n) is 6.66. The average Bonchev–Trinajstić information content (AvgIpc) is 2.93. The molecule has 3 aromatic rings. The molecule has 0 fully saturated rings. The lowest BCUT2D eigenvalue weighted by atomic mass is 10.1. The molecular weight excluding hydrogens is 298 g/mol. The summed E-state index contributed by atoms with van der Waals surface area (Å²) in [5.41, 5.74) is 9.75. The van der Waals surface area contributed by atoms with Gasteiger partial charge in [-0.15, -0.1) is 5.10 Å². The van der Waals surface area contributed by atoms with Crippen molar-refractivity contribution in [3.8, 4) is 11.1 Å². The molecule has 0 bridgehead atoms. The number of hydrogen-bond donors (Lipinski definition) is 3. The number of aromatic nitrogens is 5. The Labute approximate surface area is 131 Å². The van der Waals surface area contributed by atoms with Gasteiger partial charge in [0.05, 0.1) is 0 Å². The van der Waals surface area contributed by atoms with Crippen LogP contribution >= 0.6 is 0 Å². The molecule has 10 heteroatoms. The molecular formula is C13H15N9O. The molecule has 10 nitrogen and oxygen atoms in total. The topological polar surface area (TPSA) is 140 Å². The molecule has 5 N–H and O–H groups in total. The quantitative estimate of drug-likeness (QED) is 0.332. The molecule has 0 aliphatic heterocycles. The highest BCUT2D eigenvalue weighted by Crippen LogP contribution is 2.22. The number of carbonyl (C=O) groups is 1. The first-order chi connectivity index (χ1) is 11.0. The number of carbonyl (C=O) groups excluding carboxylic acids is 1. The Morgan fingerprint density at radius 2 is 1.91 bits per heavy atom. The molecule has 1 amide bonds. The van der Waals surface area contributed by atoms with Crippen molar-refractivity contribution < 1.29 is 4.79 Å². The van der Waals surface area contributed by atoms with Crippen LogP contribution in [-0.4, -0.2) is 44.6 Å². The fraction of sp³-hybridized carbons (Fsp3) is 0.154. The molecule has 0 unspecified atom stereocenters. The summed E-state index contributed by atoms with van der Waals surface area (Å²) >= 11 is 0. The number of amides is 1. The Hall–Kier alpha value is -3.27. The van der Waals surface area contributed by atoms with Crippen LogP contribution in [0.2, 0.25) is 0 Å². The maximum atomic E-state index is 12.0. The molecule has 3 aromatic heterocycles. The zero-order valence-corrected chi connectivity index (χ0v) is 12.6. The van der Waals surface area contributed by atoms with Crippen LogP contribution in [0.1, 0.15) is 10.5 Å². The monoisotopic (exact) mass is 313 g/mol. The minimum atomic E-state index is -0.507. The van der Waals surface area contributed by atoms with Crippen LogP contribution < -0.4 is 21.9 Å². The van der Waals surface area contributed by atoms with E-state index in [9.17, 15) is 4.79 Å². The highest BCUT2D eigenvalue weighted by Gasteiger charge is 2.15. The van der Waals surface area contributed by atoms with Crippen LogP contribution in [0.3, 0.4) is 0 Å². The van der Waals surface area contributed by atoms with E-state index in [1.807, 2.05) is 14.1 Å². The molecule has 3 heterocycles. The summed E-state index contributed by atoms with van der Waals surface area (Å²) in [4.78, 5) is 26.3. The van der Waals surface area contributed by atoms with Gasteiger partial charge in [0, 0.05) is 32.1 Å². The van der Waals surface area contributed by atoms with Crippen molar-refractivity contribution in [3.63, 3.8) is 0 Å². The summed E-state index contributed by atoms with van der Waals surface area (Å²) in [5, 5.41) is 3.98. The molecule has 0 aliphatic carbocycles. The number of anilines is 2. The Balaban J connectivity index is 2.15. The minimum Gasteiger partial charge on any atom is -0.366 e. The van der Waals surface area contributed by atoms with Crippen LogP contribution in [-0.2, 0) is 0 Å². The van der Waals surface area contributed by atoms with Crippen molar-refractivity contribution >= 4 is 23.5 Å². The molecule has 0 saturated carbocycles. The fourth-order valence-corrected chi connectivity index (χ4v) is 2.10. The number of rotatable bonds is 3. The number of hydrazine groups is 1. The van der Waals surface area contributed by atoms with Gasteiger partial charge in [-0.3, -0.25) is 10.2 Å². The number of pyridine rings is 1. The Morgan fingerprint density at radius 3 is 2.52 bits per heavy atom. The number of nitrogens with one attached hydrogen (secondary N) is 1. The van der Waals surface area contributed by atoms with Gasteiger partial charge in [0.2, 0.25) is 11.9 Å². The van der Waals surface area contributed by atoms with Gasteiger partial charge in [-0.05, 0) is 17.7 Å². The normalized spacial score (nSPS) is 10.7. The number of nitrogens with zero attached hydrogens (tertiary/aromatic N) is 6. The maximum Gasteiger partial charge on any atom is 0.283 e. The third-order valence-corrected chi connectivity index (χ3v) is 3.19. The van der Waals surface area contributed by atoms with Gasteiger partial charge >= 0.3 is 0 Å². The lowest BCUT2D eigenvalue weighted by molar-refractivity contribution is 0.0946. The molecule has 0 atom stereocenters. The lowest BCUT2D eigenvalue weighted by Gasteiger charge is -2.10. The second-order valence-electron chi connectivity index (χ2n) is 5.01. The van der Waals surface area contributed by atoms with Gasteiger partial charge in [-0.2, -0.15) is 4.98 Å². The molecule has 118 valence electrons. The van der Waals surface area contributed by atoms with E-state index >= 15 is 0 Å². The van der Waals surface area contributed by atoms with Crippen molar-refractivity contribution in [1.82, 2.24) is 30.0 Å². The van der Waals surface area contributed by atoms with E-state index in [1.165, 1.54) is 4.52 Å². The average molecular weight is 313 g/mol. The summed E-state index contributed by atoms with van der Waals surface area (Å²) < 4.78 is 1.33. The first kappa shape index (κ1) is 14.7. The van der Waals surface area contributed by atoms with E-state index in [0.29, 0.717) is 17.2 Å². The molecule has 0 saturated heterocycles. The standard InChI is InChI=1S/C13H15N9O/c1-21(2)13-16-5-8(6-17-13)7-3-9(11(23)19-15)22-10(4-7)18-12(14)20-22/h3-6H,15H2,1-2H3,(H2,14,20)(H,19,23). The zero-order chi connectivity index (χ0) is 16.6. The summed E-state index contributed by atoms with van der Waals surface area (Å²) in [6.07, 6.45) is 3.33. The number of hydrogen-bond acceptors (Lipinski definition) is 8. The van der Waals surface area contributed by atoms with E-state index in [2.05, 4.69) is 25.5 Å². The van der Waals surface area contributed by atoms with Gasteiger partial charge < -0.3 is 10.6 Å². The van der Waals surface area contributed by atoms with Crippen molar-refractivity contribution in [1.29, 1.82) is 0 Å². The van der Waals surface area contributed by atoms with Gasteiger partial charge in [0.15, 0.2) is 5.65 Å². The maximum absolute atomic E-state index is 12.0. The van der Waals surface area contributed by atoms with E-state index < -0.39 is 5.91 Å². The van der Waals surface area contributed by atoms with Crippen molar-refractivity contribution in [2.45, 2.75) is 0 Å². The summed E-state index contributed by atoms with van der Waals surface area (Å²) in [6.45, 7) is 0. The second kappa shape index (κ2) is 5.50. The predicted molar refractivity (Wildman–Crippen MR) is 84.4 cm³/mol. The molecule has 0 aromatic carbocycles. The number of fused-ring (bicyclic) bond motifs is 1. The van der Waals surface area contributed by atoms with Crippen molar-refractivity contribution in [2.75, 3.05) is 24.7 Å². The van der Waals surface area contributed by atoms with E-state index in [1.54, 1.807) is 29.4 Å². The van der Waals surface area contributed by atoms with Crippen LogP contribution in [0.4, 0.5) is 11.9 Å². The van der Waals surface area contributed by atoms with Crippen molar-refractivity contribution in [3.05, 3.63) is 30.2 Å². The third-order valence-electron chi connectivity index (χ3n) is 3.19. The van der Waals surface area contributed by atoms with Gasteiger partial charge in [0.25, 0.3) is 5.91 Å². The van der Waals surface area contributed by atoms with Gasteiger partial charge in [-0.25, -0.2) is 20.3 Å². The molecule has 0 radical (unpaired) electrons. The third kappa shape index (κ3) is 2.62. The lowest BCUT2D eigenvalue weighted by Crippen LogP contribution is -2.31. The molecule has 0 spiro atoms. The summed E-state index contributed by atoms with van der Waals surface area (Å²) in [5.74, 6) is 5.36. The highest BCUT2D eigenvalue weighted by molar-refractivity contribution is 5.94. The SMILES string of the molecule is CN(C)c1ncc(-c2cc(C(=O)NN)n3nc(N)nc3c2)cn1. The van der Waals surface area contributed by atoms with Gasteiger partial charge in [0.1, 0.15) is 5.69 Å². The van der Waals surface area contributed by atoms with Crippen molar-refractivity contribution in [2.24, 2.45) is 5.84 Å². The zero-order valence-electron chi connectivity index (χ0n) is 12.6. The number of nitrogens with two attached hydrogens (primary N) is 2. The van der Waals surface area contributed by atoms with Crippen LogP contribution in [0, 0.1) is 0 Å². The minimum absolute atomic E-state index is 0.0624. The Kier molecular flexibility index (Phi) is 3.50. The number of nitrogen functional groups attached to an aromatic ring is 2. The Morgan fingerprint density at radius 1 is 1.22 bits per heavy atom. The largest absolute Gasteiger partial charge is 0.366 e. The van der Waals surface area contributed by atoms with E-state index in [-0.39, 0.29) is 11.6 Å². The fourth-order valence-electron chi connectivity index (χ4n) is 2.10. The Bertz CT molecular complexity index is 869. The molecule has 23 heavy (non-hydrogen) atoms. The smallest absolute Gasteiger partial charge is 0.283 e. The first-order valence-corrected chi connectivity index (χ1v) is 6.66. The molecule has 0 aliphatic rings. The van der Waals surface area contributed by atoms with Gasteiger partial charge in [-0.1, -0.05) is 0 Å². The van der Waals surface area contributed by atoms with Crippen LogP contribution in [0.25, 0.3) is 16.8 Å². The predicted octanol–water partition coefficient (Wildman–Crippen LogP) is -0.562. The van der Waals surface area contributed by atoms with E-state index in [4.69, 9.17) is 11.6 Å². The second-order valence-corrected chi connectivity index (χ2v) is 5.01. The summed E-state index contributed by atoms with van der Waals surface area (Å²) in [7, 11) is 3.70. The summed E-state index contributed by atoms with van der Waals surface area (Å²) in [6, 6.07) is 3.36. The molecule has 3 rings (SSSR count). The van der Waals surface area contributed by atoms with Crippen LogP contribution in [0.15, 0.2) is 24.5 Å². The highest BCUT2D eigenvalue weighted by atomic mass is 16.2. The van der Waals surface area contributed by atoms with E-state index in [0.717, 1.165) is 5.56 Å². The van der Waals surface area contributed by atoms with Crippen LogP contribution in [0.5, 0.6) is 0 Å².